The Kier molecular flexibility index (Phi) is 6.91. The van der Waals surface area contributed by atoms with Gasteiger partial charge in [-0.05, 0) is 44.4 Å². The Balaban J connectivity index is 1.63. The van der Waals surface area contributed by atoms with Gasteiger partial charge in [0.15, 0.2) is 0 Å². The van der Waals surface area contributed by atoms with Crippen molar-refractivity contribution in [2.45, 2.75) is 39.2 Å². The Morgan fingerprint density at radius 2 is 1.96 bits per heavy atom. The lowest BCUT2D eigenvalue weighted by Gasteiger charge is -2.30. The molecule has 1 fully saturated rings. The van der Waals surface area contributed by atoms with Gasteiger partial charge < -0.3 is 15.0 Å². The average Bonchev–Trinajstić information content (AvgIpc) is 3.09. The molecule has 1 aliphatic rings. The number of thiazole rings is 1. The lowest BCUT2D eigenvalue weighted by molar-refractivity contribution is 0.0935. The molecule has 0 aliphatic carbocycles. The predicted molar refractivity (Wildman–Crippen MR) is 110 cm³/mol. The molecule has 0 atom stereocenters. The molecule has 0 saturated carbocycles. The molecule has 6 nitrogen and oxygen atoms in total. The largest absolute Gasteiger partial charge is 0.450 e. The van der Waals surface area contributed by atoms with Gasteiger partial charge in [-0.25, -0.2) is 9.78 Å². The number of piperidine rings is 1. The summed E-state index contributed by atoms with van der Waals surface area (Å²) in [5.41, 5.74) is 1.84. The van der Waals surface area contributed by atoms with Crippen molar-refractivity contribution in [2.75, 3.05) is 19.7 Å². The number of nitrogens with one attached hydrogen (secondary N) is 1. The van der Waals surface area contributed by atoms with Crippen LogP contribution < -0.4 is 5.32 Å². The van der Waals surface area contributed by atoms with Crippen molar-refractivity contribution in [1.29, 1.82) is 0 Å². The van der Waals surface area contributed by atoms with Crippen molar-refractivity contribution in [3.8, 4) is 0 Å². The molecule has 1 saturated heterocycles. The van der Waals surface area contributed by atoms with Crippen LogP contribution in [0.15, 0.2) is 24.3 Å². The number of halogens is 1. The fourth-order valence-electron chi connectivity index (χ4n) is 3.30. The van der Waals surface area contributed by atoms with Crippen molar-refractivity contribution in [3.05, 3.63) is 50.4 Å². The maximum Gasteiger partial charge on any atom is 0.409 e. The molecule has 1 aromatic heterocycles. The Bertz CT molecular complexity index is 830. The third kappa shape index (κ3) is 5.02. The van der Waals surface area contributed by atoms with E-state index < -0.39 is 0 Å². The van der Waals surface area contributed by atoms with Crippen molar-refractivity contribution in [1.82, 2.24) is 15.2 Å². The number of amides is 2. The number of likely N-dealkylation sites (tertiary alicyclic amines) is 1. The maximum atomic E-state index is 12.8. The van der Waals surface area contributed by atoms with E-state index >= 15 is 0 Å². The SMILES string of the molecule is CCOC(=O)N1CCC(c2nc(C)sc2C(=O)NCc2ccc(Cl)cc2)CC1. The smallest absolute Gasteiger partial charge is 0.409 e. The fraction of sp³-hybridized carbons (Fsp3) is 0.450. The molecule has 0 spiro atoms. The van der Waals surface area contributed by atoms with Crippen molar-refractivity contribution in [3.63, 3.8) is 0 Å². The number of nitrogens with zero attached hydrogens (tertiary/aromatic N) is 2. The lowest BCUT2D eigenvalue weighted by atomic mass is 9.93. The Morgan fingerprint density at radius 1 is 1.29 bits per heavy atom. The van der Waals surface area contributed by atoms with Crippen LogP contribution in [0.5, 0.6) is 0 Å². The molecule has 0 unspecified atom stereocenters. The Labute approximate surface area is 173 Å². The van der Waals surface area contributed by atoms with E-state index in [4.69, 9.17) is 16.3 Å². The van der Waals surface area contributed by atoms with Crippen molar-refractivity contribution >= 4 is 34.9 Å². The van der Waals surface area contributed by atoms with Gasteiger partial charge in [0, 0.05) is 30.6 Å². The standard InChI is InChI=1S/C20H24ClN3O3S/c1-3-27-20(26)24-10-8-15(9-11-24)17-18(28-13(2)23-17)19(25)22-12-14-4-6-16(21)7-5-14/h4-7,15H,3,8-12H2,1-2H3,(H,22,25). The number of aromatic nitrogens is 1. The number of rotatable bonds is 5. The lowest BCUT2D eigenvalue weighted by Crippen LogP contribution is -2.38. The first-order valence-corrected chi connectivity index (χ1v) is 10.6. The van der Waals surface area contributed by atoms with Gasteiger partial charge in [-0.15, -0.1) is 11.3 Å². The Hall–Kier alpha value is -2.12. The van der Waals surface area contributed by atoms with E-state index in [-0.39, 0.29) is 17.9 Å². The zero-order valence-electron chi connectivity index (χ0n) is 16.0. The number of carbonyl (C=O) groups is 2. The highest BCUT2D eigenvalue weighted by Gasteiger charge is 2.29. The van der Waals surface area contributed by atoms with Crippen LogP contribution in [0, 0.1) is 6.92 Å². The van der Waals surface area contributed by atoms with E-state index in [9.17, 15) is 9.59 Å². The van der Waals surface area contributed by atoms with Crippen LogP contribution in [0.4, 0.5) is 4.79 Å². The number of carbonyl (C=O) groups excluding carboxylic acids is 2. The van der Waals surface area contributed by atoms with Crippen LogP contribution in [-0.4, -0.2) is 41.6 Å². The minimum Gasteiger partial charge on any atom is -0.450 e. The number of benzene rings is 1. The summed E-state index contributed by atoms with van der Waals surface area (Å²) in [5.74, 6) is 0.0651. The quantitative estimate of drug-likeness (QED) is 0.778. The van der Waals surface area contributed by atoms with Crippen molar-refractivity contribution < 1.29 is 14.3 Å². The molecule has 2 heterocycles. The summed E-state index contributed by atoms with van der Waals surface area (Å²) in [4.78, 5) is 31.7. The molecule has 1 aromatic carbocycles. The average molecular weight is 422 g/mol. The van der Waals surface area contributed by atoms with E-state index in [0.29, 0.717) is 36.1 Å². The zero-order valence-corrected chi connectivity index (χ0v) is 17.6. The molecule has 1 N–H and O–H groups in total. The van der Waals surface area contributed by atoms with Gasteiger partial charge in [0.2, 0.25) is 0 Å². The second-order valence-electron chi connectivity index (χ2n) is 6.72. The van der Waals surface area contributed by atoms with Crippen molar-refractivity contribution in [2.24, 2.45) is 0 Å². The highest BCUT2D eigenvalue weighted by molar-refractivity contribution is 7.13. The second-order valence-corrected chi connectivity index (χ2v) is 8.36. The van der Waals surface area contributed by atoms with E-state index in [1.54, 1.807) is 11.8 Å². The van der Waals surface area contributed by atoms with Crippen LogP contribution in [-0.2, 0) is 11.3 Å². The molecule has 0 bridgehead atoms. The topological polar surface area (TPSA) is 71.5 Å². The number of aryl methyl sites for hydroxylation is 1. The van der Waals surface area contributed by atoms with E-state index in [1.807, 2.05) is 31.2 Å². The van der Waals surface area contributed by atoms with Crippen LogP contribution in [0.25, 0.3) is 0 Å². The Morgan fingerprint density at radius 3 is 2.61 bits per heavy atom. The normalized spacial score (nSPS) is 14.8. The van der Waals surface area contributed by atoms with Gasteiger partial charge >= 0.3 is 6.09 Å². The number of ether oxygens (including phenoxy) is 1. The van der Waals surface area contributed by atoms with Gasteiger partial charge in [-0.3, -0.25) is 4.79 Å². The van der Waals surface area contributed by atoms with Crippen LogP contribution >= 0.6 is 22.9 Å². The van der Waals surface area contributed by atoms with Gasteiger partial charge in [0.1, 0.15) is 4.88 Å². The third-order valence-electron chi connectivity index (χ3n) is 4.74. The minimum absolute atomic E-state index is 0.108. The molecule has 150 valence electrons. The van der Waals surface area contributed by atoms with Gasteiger partial charge in [-0.2, -0.15) is 0 Å². The summed E-state index contributed by atoms with van der Waals surface area (Å²) in [6.07, 6.45) is 1.29. The first kappa shape index (κ1) is 20.6. The summed E-state index contributed by atoms with van der Waals surface area (Å²) in [7, 11) is 0. The third-order valence-corrected chi connectivity index (χ3v) is 5.98. The van der Waals surface area contributed by atoms with Gasteiger partial charge in [0.25, 0.3) is 5.91 Å². The van der Waals surface area contributed by atoms with Crippen LogP contribution in [0.1, 0.15) is 51.6 Å². The van der Waals surface area contributed by atoms with Gasteiger partial charge in [0.05, 0.1) is 17.3 Å². The summed E-state index contributed by atoms with van der Waals surface area (Å²) < 4.78 is 5.07. The fourth-order valence-corrected chi connectivity index (χ4v) is 4.34. The van der Waals surface area contributed by atoms with E-state index in [1.165, 1.54) is 11.3 Å². The molecule has 28 heavy (non-hydrogen) atoms. The molecule has 1 aliphatic heterocycles. The predicted octanol–water partition coefficient (Wildman–Crippen LogP) is 4.37. The molecule has 2 aromatic rings. The molecule has 2 amide bonds. The second kappa shape index (κ2) is 9.39. The highest BCUT2D eigenvalue weighted by atomic mass is 35.5. The monoisotopic (exact) mass is 421 g/mol. The number of hydrogen-bond acceptors (Lipinski definition) is 5. The summed E-state index contributed by atoms with van der Waals surface area (Å²) >= 11 is 7.32. The molecule has 8 heteroatoms. The van der Waals surface area contributed by atoms with E-state index in [2.05, 4.69) is 10.3 Å². The molecular weight excluding hydrogens is 398 g/mol. The van der Waals surface area contributed by atoms with Crippen LogP contribution in [0.2, 0.25) is 5.02 Å². The molecule has 3 rings (SSSR count). The summed E-state index contributed by atoms with van der Waals surface area (Å²) in [6, 6.07) is 7.41. The zero-order chi connectivity index (χ0) is 20.1. The van der Waals surface area contributed by atoms with Crippen LogP contribution in [0.3, 0.4) is 0 Å². The molecule has 0 radical (unpaired) electrons. The number of hydrogen-bond donors (Lipinski definition) is 1. The maximum absolute atomic E-state index is 12.8. The first-order valence-electron chi connectivity index (χ1n) is 9.39. The van der Waals surface area contributed by atoms with Gasteiger partial charge in [-0.1, -0.05) is 23.7 Å². The summed E-state index contributed by atoms with van der Waals surface area (Å²) in [6.45, 7) is 5.77. The summed E-state index contributed by atoms with van der Waals surface area (Å²) in [5, 5.41) is 4.52. The molecular formula is C20H24ClN3O3S. The van der Waals surface area contributed by atoms with E-state index in [0.717, 1.165) is 29.1 Å². The highest BCUT2D eigenvalue weighted by Crippen LogP contribution is 2.33. The minimum atomic E-state index is -0.267. The first-order chi connectivity index (χ1) is 13.5.